The van der Waals surface area contributed by atoms with Crippen molar-refractivity contribution in [3.8, 4) is 0 Å². The topological polar surface area (TPSA) is 34.1 Å². The molecule has 18 heavy (non-hydrogen) atoms. The molecule has 0 spiro atoms. The van der Waals surface area contributed by atoms with Gasteiger partial charge in [-0.25, -0.2) is 8.42 Å². The van der Waals surface area contributed by atoms with Crippen LogP contribution in [0.3, 0.4) is 0 Å². The summed E-state index contributed by atoms with van der Waals surface area (Å²) in [6, 6.07) is 8.52. The zero-order valence-electron chi connectivity index (χ0n) is 11.4. The third-order valence-corrected chi connectivity index (χ3v) is 5.42. The third-order valence-electron chi connectivity index (χ3n) is 3.60. The maximum Gasteiger partial charge on any atom is 0.202 e. The molecular weight excluding hydrogens is 244 g/mol. The van der Waals surface area contributed by atoms with Crippen LogP contribution in [0.1, 0.15) is 33.6 Å². The van der Waals surface area contributed by atoms with Crippen LogP contribution in [-0.2, 0) is 9.84 Å². The summed E-state index contributed by atoms with van der Waals surface area (Å²) in [4.78, 5) is 0.660. The lowest BCUT2D eigenvalue weighted by atomic mass is 9.91. The van der Waals surface area contributed by atoms with Crippen LogP contribution in [0.2, 0.25) is 0 Å². The standard InChI is InChI=1S/C15H22O2S/c1-5-12(2)13(3)11-14(4)18(16,17)15-9-7-6-8-10-15/h6-10,12-13H,4-5,11H2,1-3H3/t12?,13-/m0/s1. The first kappa shape index (κ1) is 15.0. The summed E-state index contributed by atoms with van der Waals surface area (Å²) in [6.07, 6.45) is 1.59. The number of hydrogen-bond donors (Lipinski definition) is 0. The Morgan fingerprint density at radius 1 is 1.17 bits per heavy atom. The number of benzene rings is 1. The first-order chi connectivity index (χ1) is 8.39. The summed E-state index contributed by atoms with van der Waals surface area (Å²) < 4.78 is 24.6. The predicted molar refractivity (Wildman–Crippen MR) is 76.0 cm³/mol. The Labute approximate surface area is 111 Å². The fourth-order valence-electron chi connectivity index (χ4n) is 1.84. The highest BCUT2D eigenvalue weighted by Crippen LogP contribution is 2.27. The van der Waals surface area contributed by atoms with Gasteiger partial charge in [0.05, 0.1) is 4.90 Å². The van der Waals surface area contributed by atoms with Crippen molar-refractivity contribution in [3.05, 3.63) is 41.8 Å². The molecule has 0 bridgehead atoms. The molecule has 1 aromatic carbocycles. The maximum atomic E-state index is 12.3. The summed E-state index contributed by atoms with van der Waals surface area (Å²) in [5.41, 5.74) is 0. The van der Waals surface area contributed by atoms with Crippen LogP contribution in [0, 0.1) is 11.8 Å². The largest absolute Gasteiger partial charge is 0.219 e. The Bertz CT molecular complexity index is 488. The van der Waals surface area contributed by atoms with Gasteiger partial charge in [-0.3, -0.25) is 0 Å². The van der Waals surface area contributed by atoms with E-state index in [0.29, 0.717) is 28.1 Å². The van der Waals surface area contributed by atoms with Gasteiger partial charge in [0.2, 0.25) is 9.84 Å². The molecule has 0 N–H and O–H groups in total. The lowest BCUT2D eigenvalue weighted by molar-refractivity contribution is 0.378. The molecule has 0 radical (unpaired) electrons. The van der Waals surface area contributed by atoms with E-state index in [1.54, 1.807) is 24.3 Å². The molecule has 0 fully saturated rings. The number of allylic oxidation sites excluding steroid dienone is 1. The minimum Gasteiger partial charge on any atom is -0.219 e. The van der Waals surface area contributed by atoms with Crippen LogP contribution in [0.4, 0.5) is 0 Å². The van der Waals surface area contributed by atoms with Gasteiger partial charge in [-0.15, -0.1) is 0 Å². The van der Waals surface area contributed by atoms with E-state index in [-0.39, 0.29) is 0 Å². The molecule has 0 saturated heterocycles. The Hall–Kier alpha value is -1.09. The van der Waals surface area contributed by atoms with Crippen molar-refractivity contribution in [2.45, 2.75) is 38.5 Å². The fourth-order valence-corrected chi connectivity index (χ4v) is 3.17. The minimum atomic E-state index is -3.37. The zero-order valence-corrected chi connectivity index (χ0v) is 12.2. The van der Waals surface area contributed by atoms with E-state index in [1.807, 2.05) is 6.07 Å². The van der Waals surface area contributed by atoms with Gasteiger partial charge in [0.1, 0.15) is 0 Å². The van der Waals surface area contributed by atoms with Gasteiger partial charge in [-0.1, -0.05) is 52.0 Å². The van der Waals surface area contributed by atoms with Gasteiger partial charge in [0, 0.05) is 4.91 Å². The van der Waals surface area contributed by atoms with Crippen LogP contribution < -0.4 is 0 Å². The summed E-state index contributed by atoms with van der Waals surface area (Å²) in [5.74, 6) is 0.841. The molecule has 0 aliphatic carbocycles. The zero-order chi connectivity index (χ0) is 13.8. The van der Waals surface area contributed by atoms with Crippen LogP contribution in [0.5, 0.6) is 0 Å². The SMILES string of the molecule is C=C(C[C@H](C)C(C)CC)S(=O)(=O)c1ccccc1. The van der Waals surface area contributed by atoms with Crippen molar-refractivity contribution in [2.75, 3.05) is 0 Å². The van der Waals surface area contributed by atoms with Crippen LogP contribution in [0.15, 0.2) is 46.7 Å². The molecule has 2 nitrogen and oxygen atoms in total. The second-order valence-corrected chi connectivity index (χ2v) is 6.98. The third kappa shape index (κ3) is 3.45. The Morgan fingerprint density at radius 3 is 2.22 bits per heavy atom. The molecule has 0 aliphatic rings. The van der Waals surface area contributed by atoms with Gasteiger partial charge >= 0.3 is 0 Å². The average molecular weight is 266 g/mol. The Morgan fingerprint density at radius 2 is 1.72 bits per heavy atom. The van der Waals surface area contributed by atoms with E-state index in [9.17, 15) is 8.42 Å². The summed E-state index contributed by atoms with van der Waals surface area (Å²) >= 11 is 0. The van der Waals surface area contributed by atoms with Crippen molar-refractivity contribution < 1.29 is 8.42 Å². The average Bonchev–Trinajstić information content (AvgIpc) is 2.38. The van der Waals surface area contributed by atoms with E-state index in [1.165, 1.54) is 0 Å². The van der Waals surface area contributed by atoms with E-state index in [2.05, 4.69) is 27.4 Å². The van der Waals surface area contributed by atoms with Crippen molar-refractivity contribution in [1.29, 1.82) is 0 Å². The predicted octanol–water partition coefficient (Wildman–Crippen LogP) is 4.05. The van der Waals surface area contributed by atoms with Crippen LogP contribution in [0.25, 0.3) is 0 Å². The number of hydrogen-bond acceptors (Lipinski definition) is 2. The molecule has 0 saturated carbocycles. The molecule has 1 rings (SSSR count). The molecule has 3 heteroatoms. The molecule has 0 aromatic heterocycles. The molecule has 0 aliphatic heterocycles. The lowest BCUT2D eigenvalue weighted by Crippen LogP contribution is -2.12. The Balaban J connectivity index is 2.85. The number of sulfone groups is 1. The van der Waals surface area contributed by atoms with E-state index < -0.39 is 9.84 Å². The molecule has 2 atom stereocenters. The van der Waals surface area contributed by atoms with E-state index in [0.717, 1.165) is 6.42 Å². The molecule has 1 aromatic rings. The van der Waals surface area contributed by atoms with Gasteiger partial charge in [-0.2, -0.15) is 0 Å². The summed E-state index contributed by atoms with van der Waals surface area (Å²) in [5, 5.41) is 0. The summed E-state index contributed by atoms with van der Waals surface area (Å²) in [6.45, 7) is 10.1. The molecule has 1 unspecified atom stereocenters. The highest BCUT2D eigenvalue weighted by atomic mass is 32.2. The van der Waals surface area contributed by atoms with Gasteiger partial charge in [-0.05, 0) is 30.4 Å². The quantitative estimate of drug-likeness (QED) is 0.778. The first-order valence-corrected chi connectivity index (χ1v) is 7.85. The monoisotopic (exact) mass is 266 g/mol. The second-order valence-electron chi connectivity index (χ2n) is 4.92. The molecule has 0 amide bonds. The van der Waals surface area contributed by atoms with E-state index >= 15 is 0 Å². The highest BCUT2D eigenvalue weighted by Gasteiger charge is 2.22. The first-order valence-electron chi connectivity index (χ1n) is 6.37. The number of rotatable bonds is 6. The normalized spacial score (nSPS) is 15.1. The van der Waals surface area contributed by atoms with Crippen molar-refractivity contribution >= 4 is 9.84 Å². The smallest absolute Gasteiger partial charge is 0.202 e. The van der Waals surface area contributed by atoms with Crippen molar-refractivity contribution in [1.82, 2.24) is 0 Å². The van der Waals surface area contributed by atoms with Gasteiger partial charge in [0.25, 0.3) is 0 Å². The van der Waals surface area contributed by atoms with Crippen LogP contribution >= 0.6 is 0 Å². The molecule has 0 heterocycles. The Kier molecular flexibility index (Phi) is 5.15. The highest BCUT2D eigenvalue weighted by molar-refractivity contribution is 7.95. The summed E-state index contributed by atoms with van der Waals surface area (Å²) in [7, 11) is -3.37. The van der Waals surface area contributed by atoms with E-state index in [4.69, 9.17) is 0 Å². The lowest BCUT2D eigenvalue weighted by Gasteiger charge is -2.19. The van der Waals surface area contributed by atoms with Crippen LogP contribution in [-0.4, -0.2) is 8.42 Å². The second kappa shape index (κ2) is 6.19. The fraction of sp³-hybridized carbons (Fsp3) is 0.467. The van der Waals surface area contributed by atoms with Gasteiger partial charge in [0.15, 0.2) is 0 Å². The molecular formula is C15H22O2S. The maximum absolute atomic E-state index is 12.3. The molecule has 100 valence electrons. The van der Waals surface area contributed by atoms with Crippen molar-refractivity contribution in [2.24, 2.45) is 11.8 Å². The minimum absolute atomic E-state index is 0.321. The van der Waals surface area contributed by atoms with Crippen molar-refractivity contribution in [3.63, 3.8) is 0 Å². The van der Waals surface area contributed by atoms with Gasteiger partial charge < -0.3 is 0 Å².